The monoisotopic (exact) mass is 251 g/mol. The molecular formula is C12H17N3O3. The Hall–Kier alpha value is -1.95. The number of amides is 1. The molecule has 1 aromatic rings. The molecule has 1 rings (SSSR count). The van der Waals surface area contributed by atoms with Crippen molar-refractivity contribution in [2.45, 2.75) is 26.8 Å². The fourth-order valence-corrected chi connectivity index (χ4v) is 1.45. The molecule has 0 bridgehead atoms. The summed E-state index contributed by atoms with van der Waals surface area (Å²) in [5.41, 5.74) is 7.19. The quantitative estimate of drug-likeness (QED) is 0.601. The van der Waals surface area contributed by atoms with Gasteiger partial charge in [-0.2, -0.15) is 0 Å². The molecule has 18 heavy (non-hydrogen) atoms. The molecule has 0 spiro atoms. The number of aromatic nitrogens is 1. The number of rotatable bonds is 4. The molecule has 1 amide bonds. The molecule has 1 aromatic heterocycles. The molecule has 0 radical (unpaired) electrons. The second-order valence-electron chi connectivity index (χ2n) is 3.89. The molecule has 1 heterocycles. The van der Waals surface area contributed by atoms with Crippen LogP contribution in [0.25, 0.3) is 0 Å². The Morgan fingerprint density at radius 3 is 2.67 bits per heavy atom. The third-order valence-corrected chi connectivity index (χ3v) is 2.17. The number of aryl methyl sites for hydroxylation is 2. The van der Waals surface area contributed by atoms with E-state index in [1.165, 1.54) is 0 Å². The number of esters is 1. The van der Waals surface area contributed by atoms with E-state index in [0.717, 1.165) is 11.3 Å². The summed E-state index contributed by atoms with van der Waals surface area (Å²) >= 11 is 0. The smallest absolute Gasteiger partial charge is 0.332 e. The van der Waals surface area contributed by atoms with E-state index >= 15 is 0 Å². The highest BCUT2D eigenvalue weighted by molar-refractivity contribution is 6.07. The summed E-state index contributed by atoms with van der Waals surface area (Å²) in [6, 6.07) is 2.23. The van der Waals surface area contributed by atoms with Crippen LogP contribution in [0.1, 0.15) is 18.2 Å². The van der Waals surface area contributed by atoms with Gasteiger partial charge in [0, 0.05) is 5.69 Å². The molecule has 0 aliphatic carbocycles. The van der Waals surface area contributed by atoms with E-state index in [2.05, 4.69) is 15.0 Å². The van der Waals surface area contributed by atoms with Gasteiger partial charge in [-0.3, -0.25) is 4.79 Å². The lowest BCUT2D eigenvalue weighted by Gasteiger charge is -2.11. The van der Waals surface area contributed by atoms with E-state index in [1.807, 2.05) is 19.9 Å². The predicted molar refractivity (Wildman–Crippen MR) is 66.9 cm³/mol. The summed E-state index contributed by atoms with van der Waals surface area (Å²) < 4.78 is 4.66. The standard InChI is InChI=1S/C12H17N3O3/c1-4-18-12(17)10(13)11(16)15-9-6-7(2)5-8(3)14-9/h5-6,10H,4,13H2,1-3H3,(H,14,15,16). The maximum Gasteiger partial charge on any atom is 0.332 e. The summed E-state index contributed by atoms with van der Waals surface area (Å²) in [5.74, 6) is -1.01. The third kappa shape index (κ3) is 3.81. The third-order valence-electron chi connectivity index (χ3n) is 2.17. The molecule has 98 valence electrons. The zero-order chi connectivity index (χ0) is 13.7. The number of anilines is 1. The van der Waals surface area contributed by atoms with Gasteiger partial charge in [0.25, 0.3) is 5.91 Å². The van der Waals surface area contributed by atoms with Gasteiger partial charge in [0.2, 0.25) is 0 Å². The van der Waals surface area contributed by atoms with Crippen LogP contribution in [0, 0.1) is 13.8 Å². The first-order valence-electron chi connectivity index (χ1n) is 5.62. The molecule has 1 atom stereocenters. The second-order valence-corrected chi connectivity index (χ2v) is 3.89. The van der Waals surface area contributed by atoms with Crippen LogP contribution in [-0.2, 0) is 14.3 Å². The molecule has 0 saturated heterocycles. The van der Waals surface area contributed by atoms with Gasteiger partial charge in [-0.25, -0.2) is 9.78 Å². The van der Waals surface area contributed by atoms with Crippen molar-refractivity contribution >= 4 is 17.7 Å². The molecule has 6 heteroatoms. The van der Waals surface area contributed by atoms with Crippen molar-refractivity contribution < 1.29 is 14.3 Å². The molecule has 0 aliphatic heterocycles. The second kappa shape index (κ2) is 6.11. The van der Waals surface area contributed by atoms with E-state index in [4.69, 9.17) is 5.73 Å². The minimum absolute atomic E-state index is 0.182. The van der Waals surface area contributed by atoms with Gasteiger partial charge in [-0.15, -0.1) is 0 Å². The summed E-state index contributed by atoms with van der Waals surface area (Å²) in [6.45, 7) is 5.53. The molecule has 6 nitrogen and oxygen atoms in total. The van der Waals surface area contributed by atoms with E-state index < -0.39 is 17.9 Å². The summed E-state index contributed by atoms with van der Waals surface area (Å²) in [7, 11) is 0. The Balaban J connectivity index is 2.72. The molecule has 0 fully saturated rings. The number of pyridine rings is 1. The highest BCUT2D eigenvalue weighted by Gasteiger charge is 2.23. The van der Waals surface area contributed by atoms with Crippen molar-refractivity contribution in [2.24, 2.45) is 5.73 Å². The van der Waals surface area contributed by atoms with E-state index in [0.29, 0.717) is 5.82 Å². The largest absolute Gasteiger partial charge is 0.464 e. The van der Waals surface area contributed by atoms with Gasteiger partial charge in [-0.1, -0.05) is 0 Å². The van der Waals surface area contributed by atoms with Crippen LogP contribution in [0.2, 0.25) is 0 Å². The summed E-state index contributed by atoms with van der Waals surface area (Å²) in [6.07, 6.45) is 0. The normalized spacial score (nSPS) is 11.8. The fraction of sp³-hybridized carbons (Fsp3) is 0.417. The van der Waals surface area contributed by atoms with E-state index in [1.54, 1.807) is 13.0 Å². The van der Waals surface area contributed by atoms with Crippen LogP contribution >= 0.6 is 0 Å². The SMILES string of the molecule is CCOC(=O)C(N)C(=O)Nc1cc(C)cc(C)n1. The fourth-order valence-electron chi connectivity index (χ4n) is 1.45. The summed E-state index contributed by atoms with van der Waals surface area (Å²) in [4.78, 5) is 27.1. The Kier molecular flexibility index (Phi) is 4.79. The number of hydrogen-bond acceptors (Lipinski definition) is 5. The van der Waals surface area contributed by atoms with Gasteiger partial charge in [0.1, 0.15) is 5.82 Å². The average molecular weight is 251 g/mol. The Morgan fingerprint density at radius 1 is 1.44 bits per heavy atom. The van der Waals surface area contributed by atoms with Gasteiger partial charge in [0.15, 0.2) is 6.04 Å². The number of carbonyl (C=O) groups is 2. The van der Waals surface area contributed by atoms with E-state index in [-0.39, 0.29) is 6.61 Å². The van der Waals surface area contributed by atoms with Crippen LogP contribution in [0.5, 0.6) is 0 Å². The highest BCUT2D eigenvalue weighted by atomic mass is 16.5. The average Bonchev–Trinajstić information content (AvgIpc) is 2.26. The Morgan fingerprint density at radius 2 is 2.11 bits per heavy atom. The minimum Gasteiger partial charge on any atom is -0.464 e. The lowest BCUT2D eigenvalue weighted by atomic mass is 10.2. The highest BCUT2D eigenvalue weighted by Crippen LogP contribution is 2.09. The Bertz CT molecular complexity index is 440. The Labute approximate surface area is 106 Å². The molecule has 0 aliphatic rings. The van der Waals surface area contributed by atoms with Crippen molar-refractivity contribution in [1.82, 2.24) is 4.98 Å². The van der Waals surface area contributed by atoms with Crippen molar-refractivity contribution in [2.75, 3.05) is 11.9 Å². The van der Waals surface area contributed by atoms with Crippen LogP contribution in [-0.4, -0.2) is 29.5 Å². The molecule has 0 aromatic carbocycles. The zero-order valence-corrected chi connectivity index (χ0v) is 10.7. The van der Waals surface area contributed by atoms with Crippen LogP contribution < -0.4 is 11.1 Å². The van der Waals surface area contributed by atoms with Crippen molar-refractivity contribution in [3.63, 3.8) is 0 Å². The van der Waals surface area contributed by atoms with Crippen LogP contribution in [0.15, 0.2) is 12.1 Å². The van der Waals surface area contributed by atoms with Gasteiger partial charge >= 0.3 is 5.97 Å². The number of nitrogens with two attached hydrogens (primary N) is 1. The van der Waals surface area contributed by atoms with Crippen LogP contribution in [0.3, 0.4) is 0 Å². The predicted octanol–water partition coefficient (Wildman–Crippen LogP) is 0.527. The van der Waals surface area contributed by atoms with Gasteiger partial charge in [0.05, 0.1) is 6.61 Å². The van der Waals surface area contributed by atoms with Gasteiger partial charge in [-0.05, 0) is 38.5 Å². The lowest BCUT2D eigenvalue weighted by Crippen LogP contribution is -2.43. The van der Waals surface area contributed by atoms with Gasteiger partial charge < -0.3 is 15.8 Å². The first kappa shape index (κ1) is 14.1. The maximum atomic E-state index is 11.7. The molecule has 0 saturated carbocycles. The summed E-state index contributed by atoms with van der Waals surface area (Å²) in [5, 5.41) is 2.49. The van der Waals surface area contributed by atoms with Crippen molar-refractivity contribution in [1.29, 1.82) is 0 Å². The van der Waals surface area contributed by atoms with Crippen molar-refractivity contribution in [3.05, 3.63) is 23.4 Å². The first-order valence-corrected chi connectivity index (χ1v) is 5.62. The first-order chi connectivity index (χ1) is 8.43. The number of hydrogen-bond donors (Lipinski definition) is 2. The van der Waals surface area contributed by atoms with Crippen LogP contribution in [0.4, 0.5) is 5.82 Å². The number of carbonyl (C=O) groups excluding carboxylic acids is 2. The zero-order valence-electron chi connectivity index (χ0n) is 10.7. The lowest BCUT2D eigenvalue weighted by molar-refractivity contribution is -0.146. The van der Waals surface area contributed by atoms with E-state index in [9.17, 15) is 9.59 Å². The number of nitrogens with zero attached hydrogens (tertiary/aromatic N) is 1. The molecular weight excluding hydrogens is 234 g/mol. The topological polar surface area (TPSA) is 94.3 Å². The molecule has 3 N–H and O–H groups in total. The molecule has 1 unspecified atom stereocenters. The number of nitrogens with one attached hydrogen (secondary N) is 1. The maximum absolute atomic E-state index is 11.7. The number of ether oxygens (including phenoxy) is 1. The minimum atomic E-state index is -1.34. The van der Waals surface area contributed by atoms with Crippen molar-refractivity contribution in [3.8, 4) is 0 Å².